The minimum atomic E-state index is -3.66. The van der Waals surface area contributed by atoms with E-state index >= 15 is 0 Å². The number of nitrogens with one attached hydrogen (secondary N) is 1. The minimum Gasteiger partial charge on any atom is -0.358 e. The maximum Gasteiger partial charge on any atom is 0.243 e. The summed E-state index contributed by atoms with van der Waals surface area (Å²) in [6.07, 6.45) is 0.639. The third-order valence-corrected chi connectivity index (χ3v) is 7.24. The number of hydrogen-bond donors (Lipinski definition) is 1. The van der Waals surface area contributed by atoms with E-state index in [0.717, 1.165) is 22.2 Å². The standard InChI is InChI=1S/C21H23FN2O2S/c1-13(2)15-4-7-20-17(11-15)18-12-24(9-8-21(18)23-20)27(25,26)16-5-6-19(22)14(3)10-16/h4-7,10-11,13,23H,8-9,12H2,1-3H3. The third kappa shape index (κ3) is 3.07. The average Bonchev–Trinajstić information content (AvgIpc) is 3.00. The van der Waals surface area contributed by atoms with Crippen molar-refractivity contribution in [3.63, 3.8) is 0 Å². The Morgan fingerprint density at radius 2 is 1.93 bits per heavy atom. The molecule has 0 saturated heterocycles. The Morgan fingerprint density at radius 1 is 1.15 bits per heavy atom. The molecule has 1 aromatic heterocycles. The molecule has 4 nitrogen and oxygen atoms in total. The SMILES string of the molecule is Cc1cc(S(=O)(=O)N2CCc3[nH]c4ccc(C(C)C)cc4c3C2)ccc1F. The Morgan fingerprint density at radius 3 is 2.63 bits per heavy atom. The van der Waals surface area contributed by atoms with Gasteiger partial charge in [-0.1, -0.05) is 19.9 Å². The topological polar surface area (TPSA) is 53.2 Å². The molecule has 1 aliphatic rings. The van der Waals surface area contributed by atoms with Crippen molar-refractivity contribution >= 4 is 20.9 Å². The van der Waals surface area contributed by atoms with Gasteiger partial charge in [-0.3, -0.25) is 0 Å². The Labute approximate surface area is 159 Å². The average molecular weight is 386 g/mol. The summed E-state index contributed by atoms with van der Waals surface area (Å²) >= 11 is 0. The smallest absolute Gasteiger partial charge is 0.243 e. The number of benzene rings is 2. The number of hydrogen-bond acceptors (Lipinski definition) is 2. The normalized spacial score (nSPS) is 15.4. The van der Waals surface area contributed by atoms with Crippen LogP contribution in [0, 0.1) is 12.7 Å². The summed E-state index contributed by atoms with van der Waals surface area (Å²) < 4.78 is 41.2. The molecule has 2 heterocycles. The fourth-order valence-electron chi connectivity index (χ4n) is 3.70. The van der Waals surface area contributed by atoms with Gasteiger partial charge in [-0.2, -0.15) is 4.31 Å². The quantitative estimate of drug-likeness (QED) is 0.721. The number of halogens is 1. The fourth-order valence-corrected chi connectivity index (χ4v) is 5.19. The molecule has 0 bridgehead atoms. The summed E-state index contributed by atoms with van der Waals surface area (Å²) in [7, 11) is -3.66. The van der Waals surface area contributed by atoms with Gasteiger partial charge in [-0.05, 0) is 59.9 Å². The van der Waals surface area contributed by atoms with Gasteiger partial charge in [0.15, 0.2) is 0 Å². The second kappa shape index (κ2) is 6.46. The Kier molecular flexibility index (Phi) is 4.35. The van der Waals surface area contributed by atoms with E-state index in [2.05, 4.69) is 37.0 Å². The highest BCUT2D eigenvalue weighted by molar-refractivity contribution is 7.89. The number of rotatable bonds is 3. The lowest BCUT2D eigenvalue weighted by Gasteiger charge is -2.26. The molecule has 0 saturated carbocycles. The van der Waals surface area contributed by atoms with E-state index in [1.165, 1.54) is 28.1 Å². The number of sulfonamides is 1. The van der Waals surface area contributed by atoms with Gasteiger partial charge in [0.1, 0.15) is 5.82 Å². The molecule has 0 spiro atoms. The summed E-state index contributed by atoms with van der Waals surface area (Å²) in [4.78, 5) is 3.59. The van der Waals surface area contributed by atoms with Crippen molar-refractivity contribution in [2.45, 2.75) is 44.6 Å². The summed E-state index contributed by atoms with van der Waals surface area (Å²) in [6.45, 7) is 6.61. The van der Waals surface area contributed by atoms with E-state index in [9.17, 15) is 12.8 Å². The molecule has 0 unspecified atom stereocenters. The Balaban J connectivity index is 1.74. The van der Waals surface area contributed by atoms with Gasteiger partial charge in [0, 0.05) is 36.1 Å². The molecule has 4 rings (SSSR count). The molecule has 0 aliphatic carbocycles. The van der Waals surface area contributed by atoms with E-state index in [-0.39, 0.29) is 4.90 Å². The lowest BCUT2D eigenvalue weighted by atomic mass is 9.99. The van der Waals surface area contributed by atoms with Crippen LogP contribution in [0.25, 0.3) is 10.9 Å². The predicted octanol–water partition coefficient (Wildman–Crippen LogP) is 4.49. The first-order valence-electron chi connectivity index (χ1n) is 9.17. The van der Waals surface area contributed by atoms with Crippen molar-refractivity contribution in [1.82, 2.24) is 9.29 Å². The van der Waals surface area contributed by atoms with Crippen LogP contribution >= 0.6 is 0 Å². The van der Waals surface area contributed by atoms with Crippen LogP contribution in [0.1, 0.15) is 42.1 Å². The van der Waals surface area contributed by atoms with Gasteiger partial charge in [-0.25, -0.2) is 12.8 Å². The van der Waals surface area contributed by atoms with Gasteiger partial charge in [-0.15, -0.1) is 0 Å². The van der Waals surface area contributed by atoms with Crippen molar-refractivity contribution in [3.8, 4) is 0 Å². The molecule has 0 atom stereocenters. The van der Waals surface area contributed by atoms with E-state index in [4.69, 9.17) is 0 Å². The van der Waals surface area contributed by atoms with Crippen LogP contribution in [0.15, 0.2) is 41.3 Å². The molecule has 1 N–H and O–H groups in total. The molecule has 0 amide bonds. The first-order chi connectivity index (χ1) is 12.8. The molecule has 3 aromatic rings. The molecule has 6 heteroatoms. The molecule has 2 aromatic carbocycles. The largest absolute Gasteiger partial charge is 0.358 e. The van der Waals surface area contributed by atoms with Crippen LogP contribution in [0.4, 0.5) is 4.39 Å². The second-order valence-electron chi connectivity index (χ2n) is 7.54. The number of aryl methyl sites for hydroxylation is 1. The zero-order valence-corrected chi connectivity index (χ0v) is 16.5. The monoisotopic (exact) mass is 386 g/mol. The molecular weight excluding hydrogens is 363 g/mol. The Hall–Kier alpha value is -2.18. The zero-order chi connectivity index (χ0) is 19.3. The number of nitrogens with zero attached hydrogens (tertiary/aromatic N) is 1. The van der Waals surface area contributed by atoms with Crippen molar-refractivity contribution in [3.05, 3.63) is 64.6 Å². The van der Waals surface area contributed by atoms with Crippen LogP contribution < -0.4 is 0 Å². The molecule has 0 fully saturated rings. The zero-order valence-electron chi connectivity index (χ0n) is 15.7. The van der Waals surface area contributed by atoms with E-state index < -0.39 is 15.8 Å². The number of H-pyrrole nitrogens is 1. The molecule has 1 aliphatic heterocycles. The van der Waals surface area contributed by atoms with E-state index in [0.29, 0.717) is 31.0 Å². The van der Waals surface area contributed by atoms with Crippen molar-refractivity contribution in [1.29, 1.82) is 0 Å². The summed E-state index contributed by atoms with van der Waals surface area (Å²) in [5.74, 6) is 0.0123. The van der Waals surface area contributed by atoms with Gasteiger partial charge in [0.05, 0.1) is 4.90 Å². The Bertz CT molecular complexity index is 1130. The highest BCUT2D eigenvalue weighted by atomic mass is 32.2. The number of aromatic nitrogens is 1. The first-order valence-corrected chi connectivity index (χ1v) is 10.6. The van der Waals surface area contributed by atoms with Crippen molar-refractivity contribution in [2.24, 2.45) is 0 Å². The van der Waals surface area contributed by atoms with Crippen LogP contribution in [0.5, 0.6) is 0 Å². The minimum absolute atomic E-state index is 0.146. The van der Waals surface area contributed by atoms with Gasteiger partial charge in [0.25, 0.3) is 0 Å². The lowest BCUT2D eigenvalue weighted by molar-refractivity contribution is 0.391. The molecular formula is C21H23FN2O2S. The summed E-state index contributed by atoms with van der Waals surface area (Å²) in [6, 6.07) is 10.3. The van der Waals surface area contributed by atoms with Gasteiger partial charge >= 0.3 is 0 Å². The van der Waals surface area contributed by atoms with Crippen molar-refractivity contribution < 1.29 is 12.8 Å². The van der Waals surface area contributed by atoms with Gasteiger partial charge < -0.3 is 4.98 Å². The van der Waals surface area contributed by atoms with Crippen LogP contribution in [-0.4, -0.2) is 24.3 Å². The second-order valence-corrected chi connectivity index (χ2v) is 9.48. The van der Waals surface area contributed by atoms with E-state index in [1.54, 1.807) is 6.92 Å². The van der Waals surface area contributed by atoms with E-state index in [1.807, 2.05) is 0 Å². The number of aromatic amines is 1. The van der Waals surface area contributed by atoms with Crippen LogP contribution in [0.2, 0.25) is 0 Å². The van der Waals surface area contributed by atoms with Crippen molar-refractivity contribution in [2.75, 3.05) is 6.54 Å². The summed E-state index contributed by atoms with van der Waals surface area (Å²) in [5, 5.41) is 1.09. The predicted molar refractivity (Wildman–Crippen MR) is 105 cm³/mol. The number of fused-ring (bicyclic) bond motifs is 3. The molecule has 142 valence electrons. The fraction of sp³-hybridized carbons (Fsp3) is 0.333. The van der Waals surface area contributed by atoms with Gasteiger partial charge in [0.2, 0.25) is 10.0 Å². The van der Waals surface area contributed by atoms with Crippen LogP contribution in [0.3, 0.4) is 0 Å². The molecule has 0 radical (unpaired) electrons. The summed E-state index contributed by atoms with van der Waals surface area (Å²) in [5.41, 5.74) is 4.76. The van der Waals surface area contributed by atoms with Crippen LogP contribution in [-0.2, 0) is 23.0 Å². The third-order valence-electron chi connectivity index (χ3n) is 5.40. The highest BCUT2D eigenvalue weighted by Gasteiger charge is 2.30. The lowest BCUT2D eigenvalue weighted by Crippen LogP contribution is -2.35. The molecule has 27 heavy (non-hydrogen) atoms. The maximum atomic E-state index is 13.5. The highest BCUT2D eigenvalue weighted by Crippen LogP contribution is 2.32. The maximum absolute atomic E-state index is 13.5. The first kappa shape index (κ1) is 18.2.